The fourth-order valence-corrected chi connectivity index (χ4v) is 0.427. The summed E-state index contributed by atoms with van der Waals surface area (Å²) in [5.41, 5.74) is 0. The molecule has 68 valence electrons. The molecule has 0 radical (unpaired) electrons. The zero-order valence-electron chi connectivity index (χ0n) is 5.74. The van der Waals surface area contributed by atoms with Crippen LogP contribution in [0, 0.1) is 0 Å². The highest BCUT2D eigenvalue weighted by molar-refractivity contribution is 4.49. The summed E-state index contributed by atoms with van der Waals surface area (Å²) in [6.45, 7) is -1.34. The van der Waals surface area contributed by atoms with Crippen molar-refractivity contribution in [2.24, 2.45) is 0 Å². The molecule has 0 aliphatic heterocycles. The van der Waals surface area contributed by atoms with Crippen molar-refractivity contribution in [3.05, 3.63) is 0 Å². The van der Waals surface area contributed by atoms with Crippen LogP contribution in [0.4, 0.5) is 8.78 Å². The van der Waals surface area contributed by atoms with Crippen LogP contribution in [0.3, 0.4) is 0 Å². The van der Waals surface area contributed by atoms with Crippen LogP contribution in [0.5, 0.6) is 0 Å². The minimum absolute atomic E-state index is 0.273. The maximum Gasteiger partial charge on any atom is 0.261 e. The maximum atomic E-state index is 11.4. The lowest BCUT2D eigenvalue weighted by atomic mass is 10.4. The normalized spacial score (nSPS) is 13.9. The van der Waals surface area contributed by atoms with Crippen LogP contribution in [0.2, 0.25) is 0 Å². The van der Waals surface area contributed by atoms with Gasteiger partial charge in [0, 0.05) is 0 Å². The number of hydrogen-bond acceptors (Lipinski definition) is 4. The number of hydrogen-bond donors (Lipinski definition) is 2. The average molecular weight is 172 g/mol. The van der Waals surface area contributed by atoms with Crippen molar-refractivity contribution in [1.82, 2.24) is 0 Å². The maximum absolute atomic E-state index is 11.4. The van der Waals surface area contributed by atoms with E-state index in [1.165, 1.54) is 0 Å². The molecule has 0 heterocycles. The second-order valence-electron chi connectivity index (χ2n) is 1.88. The van der Waals surface area contributed by atoms with Gasteiger partial charge in [-0.15, -0.1) is 0 Å². The van der Waals surface area contributed by atoms with Crippen molar-refractivity contribution in [2.75, 3.05) is 19.8 Å². The van der Waals surface area contributed by atoms with E-state index in [2.05, 4.69) is 9.62 Å². The Morgan fingerprint density at radius 3 is 2.27 bits per heavy atom. The molecule has 4 nitrogen and oxygen atoms in total. The fraction of sp³-hybridized carbons (Fsp3) is 1.00. The predicted octanol–water partition coefficient (Wildman–Crippen LogP) is 0.119. The van der Waals surface area contributed by atoms with Crippen molar-refractivity contribution in [3.8, 4) is 0 Å². The summed E-state index contributed by atoms with van der Waals surface area (Å²) in [6, 6.07) is 0. The standard InChI is InChI=1S/C5H10F2O4/c6-5(7)3-10-1-4(8)2-11-9/h4-5,8-9H,1-3H2. The molecular formula is C5H10F2O4. The molecule has 1 atom stereocenters. The van der Waals surface area contributed by atoms with E-state index >= 15 is 0 Å². The smallest absolute Gasteiger partial charge is 0.261 e. The molecular weight excluding hydrogens is 162 g/mol. The number of aliphatic hydroxyl groups is 1. The third-order valence-electron chi connectivity index (χ3n) is 0.821. The van der Waals surface area contributed by atoms with Gasteiger partial charge < -0.3 is 9.84 Å². The van der Waals surface area contributed by atoms with E-state index < -0.39 is 19.1 Å². The van der Waals surface area contributed by atoms with E-state index in [4.69, 9.17) is 10.4 Å². The van der Waals surface area contributed by atoms with Crippen LogP contribution in [0.1, 0.15) is 0 Å². The highest BCUT2D eigenvalue weighted by Crippen LogP contribution is 1.93. The number of halogens is 2. The lowest BCUT2D eigenvalue weighted by molar-refractivity contribution is -0.260. The van der Waals surface area contributed by atoms with Crippen LogP contribution in [-0.4, -0.2) is 42.7 Å². The molecule has 0 spiro atoms. The molecule has 0 bridgehead atoms. The fourth-order valence-electron chi connectivity index (χ4n) is 0.427. The van der Waals surface area contributed by atoms with Gasteiger partial charge in [0.2, 0.25) is 0 Å². The van der Waals surface area contributed by atoms with Crippen LogP contribution in [-0.2, 0) is 9.62 Å². The van der Waals surface area contributed by atoms with Gasteiger partial charge >= 0.3 is 0 Å². The highest BCUT2D eigenvalue weighted by atomic mass is 19.3. The van der Waals surface area contributed by atoms with Gasteiger partial charge in [0.25, 0.3) is 6.43 Å². The third-order valence-corrected chi connectivity index (χ3v) is 0.821. The van der Waals surface area contributed by atoms with E-state index in [1.807, 2.05) is 0 Å². The number of rotatable bonds is 6. The zero-order valence-corrected chi connectivity index (χ0v) is 5.74. The number of ether oxygens (including phenoxy) is 1. The molecule has 1 unspecified atom stereocenters. The molecule has 0 fully saturated rings. The van der Waals surface area contributed by atoms with Crippen molar-refractivity contribution < 1.29 is 28.8 Å². The Bertz CT molecular complexity index is 90.6. The Balaban J connectivity index is 3.10. The Kier molecular flexibility index (Phi) is 6.24. The molecule has 0 aliphatic rings. The minimum Gasteiger partial charge on any atom is -0.388 e. The number of alkyl halides is 2. The van der Waals surface area contributed by atoms with Crippen LogP contribution in [0.25, 0.3) is 0 Å². The van der Waals surface area contributed by atoms with Gasteiger partial charge in [0.05, 0.1) is 6.61 Å². The predicted molar refractivity (Wildman–Crippen MR) is 31.4 cm³/mol. The average Bonchev–Trinajstić information content (AvgIpc) is 1.87. The Hall–Kier alpha value is -0.300. The molecule has 0 saturated carbocycles. The first-order valence-electron chi connectivity index (χ1n) is 2.97. The monoisotopic (exact) mass is 172 g/mol. The van der Waals surface area contributed by atoms with Crippen LogP contribution in [0.15, 0.2) is 0 Å². The summed E-state index contributed by atoms with van der Waals surface area (Å²) in [5, 5.41) is 16.5. The molecule has 6 heteroatoms. The van der Waals surface area contributed by atoms with Gasteiger partial charge in [-0.2, -0.15) is 0 Å². The van der Waals surface area contributed by atoms with Crippen molar-refractivity contribution in [2.45, 2.75) is 12.5 Å². The largest absolute Gasteiger partial charge is 0.388 e. The topological polar surface area (TPSA) is 58.9 Å². The molecule has 0 rings (SSSR count). The summed E-state index contributed by atoms with van der Waals surface area (Å²) < 4.78 is 27.1. The van der Waals surface area contributed by atoms with Crippen molar-refractivity contribution in [3.63, 3.8) is 0 Å². The van der Waals surface area contributed by atoms with Gasteiger partial charge in [0.1, 0.15) is 19.3 Å². The zero-order chi connectivity index (χ0) is 8.69. The van der Waals surface area contributed by atoms with E-state index in [0.717, 1.165) is 0 Å². The van der Waals surface area contributed by atoms with E-state index in [0.29, 0.717) is 0 Å². The first-order valence-corrected chi connectivity index (χ1v) is 2.97. The van der Waals surface area contributed by atoms with Gasteiger partial charge in [-0.25, -0.2) is 13.7 Å². The summed E-state index contributed by atoms with van der Waals surface area (Å²) in [4.78, 5) is 3.54. The lowest BCUT2D eigenvalue weighted by Gasteiger charge is -2.08. The quantitative estimate of drug-likeness (QED) is 0.441. The van der Waals surface area contributed by atoms with E-state index in [9.17, 15) is 8.78 Å². The SMILES string of the molecule is OOCC(O)COCC(F)F. The van der Waals surface area contributed by atoms with Gasteiger partial charge in [0.15, 0.2) is 0 Å². The summed E-state index contributed by atoms with van der Waals surface area (Å²) in [7, 11) is 0. The second kappa shape index (κ2) is 6.41. The second-order valence-corrected chi connectivity index (χ2v) is 1.88. The lowest BCUT2D eigenvalue weighted by Crippen LogP contribution is -2.22. The van der Waals surface area contributed by atoms with Crippen LogP contribution >= 0.6 is 0 Å². The minimum atomic E-state index is -2.54. The Morgan fingerprint density at radius 1 is 1.18 bits per heavy atom. The molecule has 0 aromatic carbocycles. The molecule has 0 aromatic rings. The summed E-state index contributed by atoms with van der Waals surface area (Å²) in [6.07, 6.45) is -3.61. The molecule has 0 amide bonds. The Morgan fingerprint density at radius 2 is 1.82 bits per heavy atom. The summed E-state index contributed by atoms with van der Waals surface area (Å²) >= 11 is 0. The van der Waals surface area contributed by atoms with Crippen molar-refractivity contribution in [1.29, 1.82) is 0 Å². The van der Waals surface area contributed by atoms with Crippen molar-refractivity contribution >= 4 is 0 Å². The Labute approximate surface area is 62.3 Å². The molecule has 0 aliphatic carbocycles. The summed E-state index contributed by atoms with van der Waals surface area (Å²) in [5.74, 6) is 0. The van der Waals surface area contributed by atoms with Gasteiger partial charge in [-0.05, 0) is 0 Å². The van der Waals surface area contributed by atoms with E-state index in [1.54, 1.807) is 0 Å². The first-order chi connectivity index (χ1) is 5.16. The molecule has 11 heavy (non-hydrogen) atoms. The first kappa shape index (κ1) is 10.7. The van der Waals surface area contributed by atoms with Gasteiger partial charge in [-0.3, -0.25) is 5.26 Å². The molecule has 0 aromatic heterocycles. The van der Waals surface area contributed by atoms with E-state index in [-0.39, 0.29) is 13.2 Å². The molecule has 0 saturated heterocycles. The third kappa shape index (κ3) is 7.60. The molecule has 2 N–H and O–H groups in total. The van der Waals surface area contributed by atoms with Crippen LogP contribution < -0.4 is 0 Å². The number of aliphatic hydroxyl groups excluding tert-OH is 1. The highest BCUT2D eigenvalue weighted by Gasteiger charge is 2.06. The van der Waals surface area contributed by atoms with Gasteiger partial charge in [-0.1, -0.05) is 0 Å².